The van der Waals surface area contributed by atoms with Crippen LogP contribution in [0.2, 0.25) is 0 Å². The Morgan fingerprint density at radius 2 is 2.00 bits per heavy atom. The number of hydrogen-bond acceptors (Lipinski definition) is 2. The maximum absolute atomic E-state index is 4.39. The zero-order valence-electron chi connectivity index (χ0n) is 12.9. The van der Waals surface area contributed by atoms with Gasteiger partial charge in [-0.05, 0) is 39.5 Å². The molecule has 1 saturated carbocycles. The van der Waals surface area contributed by atoms with Gasteiger partial charge < -0.3 is 9.88 Å². The molecule has 2 atom stereocenters. The van der Waals surface area contributed by atoms with E-state index in [1.807, 2.05) is 12.5 Å². The van der Waals surface area contributed by atoms with Gasteiger partial charge in [-0.1, -0.05) is 26.2 Å². The van der Waals surface area contributed by atoms with Gasteiger partial charge in [0.15, 0.2) is 0 Å². The van der Waals surface area contributed by atoms with Gasteiger partial charge in [-0.15, -0.1) is 0 Å². The fraction of sp³-hybridized carbons (Fsp3) is 0.812. The third kappa shape index (κ3) is 4.07. The SMILES string of the molecule is CC1CCCCCC1n1cncc1CNC(C)(C)C. The van der Waals surface area contributed by atoms with Crippen molar-refractivity contribution in [3.8, 4) is 0 Å². The highest BCUT2D eigenvalue weighted by Crippen LogP contribution is 2.33. The molecule has 1 aromatic heterocycles. The van der Waals surface area contributed by atoms with Crippen LogP contribution in [0.25, 0.3) is 0 Å². The third-order valence-corrected chi connectivity index (χ3v) is 4.22. The van der Waals surface area contributed by atoms with Crippen LogP contribution in [0.15, 0.2) is 12.5 Å². The Morgan fingerprint density at radius 1 is 1.26 bits per heavy atom. The molecule has 0 bridgehead atoms. The minimum Gasteiger partial charge on any atom is -0.330 e. The van der Waals surface area contributed by atoms with Crippen LogP contribution in [-0.4, -0.2) is 15.1 Å². The van der Waals surface area contributed by atoms with Crippen molar-refractivity contribution >= 4 is 0 Å². The molecular formula is C16H29N3. The Hall–Kier alpha value is -0.830. The van der Waals surface area contributed by atoms with E-state index in [4.69, 9.17) is 0 Å². The van der Waals surface area contributed by atoms with E-state index < -0.39 is 0 Å². The van der Waals surface area contributed by atoms with E-state index in [2.05, 4.69) is 42.6 Å². The maximum atomic E-state index is 4.39. The molecule has 3 heteroatoms. The van der Waals surface area contributed by atoms with Gasteiger partial charge in [0.2, 0.25) is 0 Å². The van der Waals surface area contributed by atoms with Gasteiger partial charge in [-0.3, -0.25) is 0 Å². The van der Waals surface area contributed by atoms with Crippen molar-refractivity contribution in [2.75, 3.05) is 0 Å². The largest absolute Gasteiger partial charge is 0.330 e. The summed E-state index contributed by atoms with van der Waals surface area (Å²) in [5.74, 6) is 0.769. The zero-order valence-corrected chi connectivity index (χ0v) is 12.9. The van der Waals surface area contributed by atoms with Gasteiger partial charge in [0.1, 0.15) is 0 Å². The van der Waals surface area contributed by atoms with E-state index in [0.29, 0.717) is 6.04 Å². The molecule has 1 N–H and O–H groups in total. The molecule has 0 radical (unpaired) electrons. The van der Waals surface area contributed by atoms with Crippen molar-refractivity contribution in [3.05, 3.63) is 18.2 Å². The predicted molar refractivity (Wildman–Crippen MR) is 80.1 cm³/mol. The van der Waals surface area contributed by atoms with Crippen molar-refractivity contribution in [1.82, 2.24) is 14.9 Å². The molecule has 1 aliphatic carbocycles. The van der Waals surface area contributed by atoms with Gasteiger partial charge in [0.25, 0.3) is 0 Å². The van der Waals surface area contributed by atoms with Crippen LogP contribution >= 0.6 is 0 Å². The van der Waals surface area contributed by atoms with Crippen molar-refractivity contribution < 1.29 is 0 Å². The summed E-state index contributed by atoms with van der Waals surface area (Å²) in [5.41, 5.74) is 1.48. The Kier molecular flexibility index (Phi) is 4.67. The van der Waals surface area contributed by atoms with Crippen LogP contribution < -0.4 is 5.32 Å². The fourth-order valence-electron chi connectivity index (χ4n) is 3.01. The number of aromatic nitrogens is 2. The fourth-order valence-corrected chi connectivity index (χ4v) is 3.01. The number of rotatable bonds is 3. The molecule has 108 valence electrons. The van der Waals surface area contributed by atoms with E-state index in [1.165, 1.54) is 37.8 Å². The standard InChI is InChI=1S/C16H29N3/c1-13-8-6-5-7-9-15(13)19-12-17-10-14(19)11-18-16(2,3)4/h10,12-13,15,18H,5-9,11H2,1-4H3. The molecule has 0 aliphatic heterocycles. The van der Waals surface area contributed by atoms with E-state index in [9.17, 15) is 0 Å². The molecule has 0 aromatic carbocycles. The Bertz CT molecular complexity index is 389. The Labute approximate surface area is 117 Å². The van der Waals surface area contributed by atoms with E-state index in [-0.39, 0.29) is 5.54 Å². The molecule has 0 amide bonds. The van der Waals surface area contributed by atoms with Gasteiger partial charge >= 0.3 is 0 Å². The summed E-state index contributed by atoms with van der Waals surface area (Å²) in [6, 6.07) is 0.641. The van der Waals surface area contributed by atoms with Gasteiger partial charge in [0.05, 0.1) is 12.0 Å². The van der Waals surface area contributed by atoms with Crippen molar-refractivity contribution in [1.29, 1.82) is 0 Å². The van der Waals surface area contributed by atoms with Crippen molar-refractivity contribution in [2.45, 2.75) is 77.9 Å². The van der Waals surface area contributed by atoms with Crippen LogP contribution in [0.5, 0.6) is 0 Å². The summed E-state index contributed by atoms with van der Waals surface area (Å²) < 4.78 is 2.43. The second-order valence-corrected chi connectivity index (χ2v) is 7.08. The van der Waals surface area contributed by atoms with Gasteiger partial charge in [-0.2, -0.15) is 0 Å². The van der Waals surface area contributed by atoms with Gasteiger partial charge in [-0.25, -0.2) is 4.98 Å². The molecule has 3 nitrogen and oxygen atoms in total. The lowest BCUT2D eigenvalue weighted by Crippen LogP contribution is -2.36. The van der Waals surface area contributed by atoms with Crippen LogP contribution in [0.3, 0.4) is 0 Å². The maximum Gasteiger partial charge on any atom is 0.0951 e. The minimum absolute atomic E-state index is 0.157. The third-order valence-electron chi connectivity index (χ3n) is 4.22. The monoisotopic (exact) mass is 263 g/mol. The molecule has 1 fully saturated rings. The highest BCUT2D eigenvalue weighted by atomic mass is 15.1. The second kappa shape index (κ2) is 6.08. The second-order valence-electron chi connectivity index (χ2n) is 7.08. The van der Waals surface area contributed by atoms with Crippen LogP contribution in [0.1, 0.15) is 71.5 Å². The lowest BCUT2D eigenvalue weighted by atomic mass is 9.96. The first-order valence-corrected chi connectivity index (χ1v) is 7.73. The minimum atomic E-state index is 0.157. The van der Waals surface area contributed by atoms with Crippen molar-refractivity contribution in [2.24, 2.45) is 5.92 Å². The molecular weight excluding hydrogens is 234 g/mol. The van der Waals surface area contributed by atoms with E-state index in [1.54, 1.807) is 0 Å². The molecule has 1 heterocycles. The number of nitrogens with zero attached hydrogens (tertiary/aromatic N) is 2. The topological polar surface area (TPSA) is 29.9 Å². The van der Waals surface area contributed by atoms with E-state index in [0.717, 1.165) is 12.5 Å². The quantitative estimate of drug-likeness (QED) is 0.838. The highest BCUT2D eigenvalue weighted by Gasteiger charge is 2.23. The lowest BCUT2D eigenvalue weighted by Gasteiger charge is -2.27. The number of hydrogen-bond donors (Lipinski definition) is 1. The number of nitrogens with one attached hydrogen (secondary N) is 1. The molecule has 19 heavy (non-hydrogen) atoms. The highest BCUT2D eigenvalue weighted by molar-refractivity contribution is 5.02. The van der Waals surface area contributed by atoms with E-state index >= 15 is 0 Å². The summed E-state index contributed by atoms with van der Waals surface area (Å²) in [7, 11) is 0. The van der Waals surface area contributed by atoms with Gasteiger partial charge in [0, 0.05) is 24.3 Å². The first kappa shape index (κ1) is 14.6. The summed E-state index contributed by atoms with van der Waals surface area (Å²) in [6.45, 7) is 9.94. The predicted octanol–water partition coefficient (Wildman–Crippen LogP) is 3.91. The normalized spacial score (nSPS) is 25.3. The average Bonchev–Trinajstić information content (AvgIpc) is 2.68. The molecule has 0 spiro atoms. The van der Waals surface area contributed by atoms with Crippen molar-refractivity contribution in [3.63, 3.8) is 0 Å². The zero-order chi connectivity index (χ0) is 13.9. The molecule has 1 aromatic rings. The smallest absolute Gasteiger partial charge is 0.0951 e. The first-order valence-electron chi connectivity index (χ1n) is 7.73. The molecule has 2 unspecified atom stereocenters. The molecule has 2 rings (SSSR count). The Balaban J connectivity index is 2.09. The lowest BCUT2D eigenvalue weighted by molar-refractivity contribution is 0.319. The summed E-state index contributed by atoms with van der Waals surface area (Å²) in [5, 5.41) is 3.57. The Morgan fingerprint density at radius 3 is 2.74 bits per heavy atom. The summed E-state index contributed by atoms with van der Waals surface area (Å²) in [4.78, 5) is 4.39. The summed E-state index contributed by atoms with van der Waals surface area (Å²) in [6.07, 6.45) is 10.9. The number of imidazole rings is 1. The van der Waals surface area contributed by atoms with Crippen LogP contribution in [-0.2, 0) is 6.54 Å². The first-order chi connectivity index (χ1) is 8.97. The molecule has 1 aliphatic rings. The molecule has 0 saturated heterocycles. The average molecular weight is 263 g/mol. The summed E-state index contributed by atoms with van der Waals surface area (Å²) >= 11 is 0. The van der Waals surface area contributed by atoms with Crippen LogP contribution in [0, 0.1) is 5.92 Å². The van der Waals surface area contributed by atoms with Crippen LogP contribution in [0.4, 0.5) is 0 Å².